The Bertz CT molecular complexity index is 657. The maximum atomic E-state index is 15.5. The third-order valence-electron chi connectivity index (χ3n) is 5.61. The zero-order valence-corrected chi connectivity index (χ0v) is 19.0. The standard InChI is InChI=1S/C21H33FO5Si/c1-15(23)26-19-21(5,22)18(24-13-16-11-9-8-10-12-16)17(27-19)14-25-28(6,7)20(2,3)4/h8-12,17-19H,13-14H2,1-7H3/t17-,18-,19?,21-/m1/s1. The quantitative estimate of drug-likeness (QED) is 0.483. The predicted molar refractivity (Wildman–Crippen MR) is 108 cm³/mol. The van der Waals surface area contributed by atoms with Crippen LogP contribution in [0.3, 0.4) is 0 Å². The van der Waals surface area contributed by atoms with Crippen molar-refractivity contribution < 1.29 is 27.8 Å². The minimum absolute atomic E-state index is 0.0142. The molecule has 0 radical (unpaired) electrons. The second-order valence-corrected chi connectivity index (χ2v) is 13.9. The first kappa shape index (κ1) is 23.0. The van der Waals surface area contributed by atoms with E-state index in [0.717, 1.165) is 5.56 Å². The molecule has 0 aliphatic carbocycles. The lowest BCUT2D eigenvalue weighted by Gasteiger charge is -2.37. The molecule has 5 nitrogen and oxygen atoms in total. The van der Waals surface area contributed by atoms with Crippen molar-refractivity contribution in [3.05, 3.63) is 35.9 Å². The van der Waals surface area contributed by atoms with E-state index in [1.165, 1.54) is 13.8 Å². The smallest absolute Gasteiger partial charge is 0.305 e. The summed E-state index contributed by atoms with van der Waals surface area (Å²) in [5.74, 6) is -0.596. The highest BCUT2D eigenvalue weighted by atomic mass is 28.4. The van der Waals surface area contributed by atoms with E-state index in [1.807, 2.05) is 30.3 Å². The van der Waals surface area contributed by atoms with E-state index >= 15 is 4.39 Å². The summed E-state index contributed by atoms with van der Waals surface area (Å²) in [6, 6.07) is 9.54. The van der Waals surface area contributed by atoms with Crippen LogP contribution in [0.4, 0.5) is 4.39 Å². The van der Waals surface area contributed by atoms with Crippen molar-refractivity contribution in [3.63, 3.8) is 0 Å². The molecule has 0 N–H and O–H groups in total. The van der Waals surface area contributed by atoms with Gasteiger partial charge in [-0.3, -0.25) is 4.79 Å². The van der Waals surface area contributed by atoms with Crippen LogP contribution in [0.2, 0.25) is 18.1 Å². The maximum absolute atomic E-state index is 15.5. The third kappa shape index (κ3) is 5.41. The highest BCUT2D eigenvalue weighted by Gasteiger charge is 2.58. The number of alkyl halides is 1. The maximum Gasteiger partial charge on any atom is 0.305 e. The van der Waals surface area contributed by atoms with Gasteiger partial charge >= 0.3 is 5.97 Å². The molecule has 0 aromatic heterocycles. The van der Waals surface area contributed by atoms with Crippen molar-refractivity contribution in [2.24, 2.45) is 0 Å². The number of esters is 1. The van der Waals surface area contributed by atoms with Gasteiger partial charge in [0.25, 0.3) is 0 Å². The molecule has 1 aromatic rings. The summed E-state index contributed by atoms with van der Waals surface area (Å²) in [6.07, 6.45) is -2.90. The average molecular weight is 413 g/mol. The fraction of sp³-hybridized carbons (Fsp3) is 0.667. The highest BCUT2D eigenvalue weighted by Crippen LogP contribution is 2.40. The molecule has 0 saturated carbocycles. The SMILES string of the molecule is CC(=O)OC1O[C@H](CO[Si](C)(C)C(C)(C)C)[C@@H](OCc2ccccc2)[C@@]1(C)F. The second kappa shape index (κ2) is 8.61. The summed E-state index contributed by atoms with van der Waals surface area (Å²) in [6.45, 7) is 13.7. The van der Waals surface area contributed by atoms with Crippen LogP contribution in [-0.2, 0) is 30.0 Å². The summed E-state index contributed by atoms with van der Waals surface area (Å²) in [7, 11) is -2.06. The van der Waals surface area contributed by atoms with Crippen LogP contribution in [-0.4, -0.2) is 45.1 Å². The third-order valence-corrected chi connectivity index (χ3v) is 10.1. The second-order valence-electron chi connectivity index (χ2n) is 9.06. The summed E-state index contributed by atoms with van der Waals surface area (Å²) < 4.78 is 38.5. The van der Waals surface area contributed by atoms with Gasteiger partial charge in [0.15, 0.2) is 14.0 Å². The number of hydrogen-bond acceptors (Lipinski definition) is 5. The molecule has 1 aliphatic rings. The monoisotopic (exact) mass is 412 g/mol. The highest BCUT2D eigenvalue weighted by molar-refractivity contribution is 6.74. The van der Waals surface area contributed by atoms with E-state index in [2.05, 4.69) is 33.9 Å². The largest absolute Gasteiger partial charge is 0.432 e. The molecule has 0 bridgehead atoms. The number of rotatable bonds is 7. The summed E-state index contributed by atoms with van der Waals surface area (Å²) in [5, 5.41) is 0.0142. The van der Waals surface area contributed by atoms with Crippen LogP contribution in [0.1, 0.15) is 40.2 Å². The van der Waals surface area contributed by atoms with Gasteiger partial charge in [0.2, 0.25) is 6.29 Å². The molecule has 0 spiro atoms. The number of carbonyl (C=O) groups excluding carboxylic acids is 1. The van der Waals surface area contributed by atoms with E-state index in [1.54, 1.807) is 0 Å². The molecule has 1 aliphatic heterocycles. The van der Waals surface area contributed by atoms with Crippen LogP contribution >= 0.6 is 0 Å². The fourth-order valence-corrected chi connectivity index (χ4v) is 3.83. The van der Waals surface area contributed by atoms with Crippen molar-refractivity contribution in [3.8, 4) is 0 Å². The van der Waals surface area contributed by atoms with E-state index < -0.39 is 38.5 Å². The fourth-order valence-electron chi connectivity index (χ4n) is 2.82. The lowest BCUT2D eigenvalue weighted by Crippen LogP contribution is -2.47. The molecular weight excluding hydrogens is 379 g/mol. The Balaban J connectivity index is 2.15. The van der Waals surface area contributed by atoms with Crippen LogP contribution in [0, 0.1) is 0 Å². The summed E-state index contributed by atoms with van der Waals surface area (Å²) in [5.41, 5.74) is -1.06. The molecule has 1 unspecified atom stereocenters. The van der Waals surface area contributed by atoms with Crippen molar-refractivity contribution in [1.82, 2.24) is 0 Å². The average Bonchev–Trinajstić information content (AvgIpc) is 2.80. The van der Waals surface area contributed by atoms with Gasteiger partial charge in [-0.1, -0.05) is 51.1 Å². The van der Waals surface area contributed by atoms with Gasteiger partial charge in [-0.15, -0.1) is 0 Å². The molecule has 28 heavy (non-hydrogen) atoms. The van der Waals surface area contributed by atoms with Crippen molar-refractivity contribution >= 4 is 14.3 Å². The van der Waals surface area contributed by atoms with Gasteiger partial charge in [0.1, 0.15) is 12.2 Å². The Morgan fingerprint density at radius 3 is 2.39 bits per heavy atom. The van der Waals surface area contributed by atoms with Gasteiger partial charge in [-0.25, -0.2) is 4.39 Å². The van der Waals surface area contributed by atoms with Gasteiger partial charge in [-0.2, -0.15) is 0 Å². The zero-order valence-electron chi connectivity index (χ0n) is 18.0. The van der Waals surface area contributed by atoms with Gasteiger partial charge < -0.3 is 18.6 Å². The van der Waals surface area contributed by atoms with Crippen LogP contribution in [0.15, 0.2) is 30.3 Å². The molecule has 1 aromatic carbocycles. The number of carbonyl (C=O) groups is 1. The molecule has 1 fully saturated rings. The molecule has 1 heterocycles. The van der Waals surface area contributed by atoms with E-state index in [-0.39, 0.29) is 18.3 Å². The van der Waals surface area contributed by atoms with Gasteiger partial charge in [0.05, 0.1) is 13.2 Å². The molecule has 2 rings (SSSR count). The Labute approximate surface area is 168 Å². The lowest BCUT2D eigenvalue weighted by atomic mass is 9.99. The Morgan fingerprint density at radius 1 is 1.25 bits per heavy atom. The topological polar surface area (TPSA) is 54.0 Å². The Kier molecular flexibility index (Phi) is 7.07. The lowest BCUT2D eigenvalue weighted by molar-refractivity contribution is -0.193. The van der Waals surface area contributed by atoms with Crippen LogP contribution < -0.4 is 0 Å². The molecule has 4 atom stereocenters. The van der Waals surface area contributed by atoms with Crippen molar-refractivity contribution in [2.75, 3.05) is 6.61 Å². The van der Waals surface area contributed by atoms with E-state index in [9.17, 15) is 4.79 Å². The van der Waals surface area contributed by atoms with Crippen LogP contribution in [0.25, 0.3) is 0 Å². The number of halogens is 1. The summed E-state index contributed by atoms with van der Waals surface area (Å²) in [4.78, 5) is 11.4. The first-order chi connectivity index (χ1) is 12.8. The number of hydrogen-bond donors (Lipinski definition) is 0. The molecule has 7 heteroatoms. The first-order valence-electron chi connectivity index (χ1n) is 9.65. The normalized spacial score (nSPS) is 28.4. The number of benzene rings is 1. The minimum Gasteiger partial charge on any atom is -0.432 e. The Morgan fingerprint density at radius 2 is 1.86 bits per heavy atom. The Hall–Kier alpha value is -1.28. The molecular formula is C21H33FO5Si. The molecule has 1 saturated heterocycles. The van der Waals surface area contributed by atoms with Gasteiger partial charge in [-0.05, 0) is 30.6 Å². The summed E-state index contributed by atoms with van der Waals surface area (Å²) >= 11 is 0. The first-order valence-corrected chi connectivity index (χ1v) is 12.6. The van der Waals surface area contributed by atoms with Gasteiger partial charge in [0, 0.05) is 6.92 Å². The van der Waals surface area contributed by atoms with Crippen molar-refractivity contribution in [2.45, 2.75) is 83.5 Å². The predicted octanol–water partition coefficient (Wildman–Crippen LogP) is 4.61. The van der Waals surface area contributed by atoms with Crippen molar-refractivity contribution in [1.29, 1.82) is 0 Å². The minimum atomic E-state index is -2.06. The number of ether oxygens (including phenoxy) is 3. The van der Waals surface area contributed by atoms with E-state index in [0.29, 0.717) is 0 Å². The van der Waals surface area contributed by atoms with Crippen LogP contribution in [0.5, 0.6) is 0 Å². The van der Waals surface area contributed by atoms with E-state index in [4.69, 9.17) is 18.6 Å². The molecule has 0 amide bonds. The zero-order chi connectivity index (χ0) is 21.2. The molecule has 158 valence electrons.